The van der Waals surface area contributed by atoms with Gasteiger partial charge in [-0.15, -0.1) is 35.1 Å². The van der Waals surface area contributed by atoms with Gasteiger partial charge in [0.15, 0.2) is 0 Å². The first kappa shape index (κ1) is 104. The fraction of sp³-hybridized carbons (Fsp3) is 0.569. The molecule has 0 unspecified atom stereocenters. The molecule has 6 fully saturated rings. The summed E-state index contributed by atoms with van der Waals surface area (Å²) in [7, 11) is 7.73. The number of hydrogen-bond donors (Lipinski definition) is 5. The number of aromatic nitrogens is 6. The number of anilines is 2. The molecule has 12 bridgehead atoms. The molecule has 0 radical (unpaired) electrons. The number of methoxy groups -OCH3 is 2. The number of cyclic esters (lactones) is 2. The molecule has 752 valence electrons. The van der Waals surface area contributed by atoms with Crippen molar-refractivity contribution in [3.05, 3.63) is 139 Å². The van der Waals surface area contributed by atoms with Crippen molar-refractivity contribution in [1.82, 2.24) is 80.6 Å². The Morgan fingerprint density at radius 3 is 1.40 bits per heavy atom. The highest BCUT2D eigenvalue weighted by Gasteiger charge is 2.44. The van der Waals surface area contributed by atoms with Crippen LogP contribution in [0.3, 0.4) is 0 Å². The quantitative estimate of drug-likeness (QED) is 0.0269. The molecule has 0 spiro atoms. The first-order valence-electron chi connectivity index (χ1n) is 48.9. The number of carbonyl (C=O) groups excluding carboxylic acids is 6. The zero-order valence-corrected chi connectivity index (χ0v) is 86.1. The number of likely N-dealkylation sites (tertiary alicyclic amines) is 1. The number of nitrogens with zero attached hydrogens (tertiary/aromatic N) is 14. The molecule has 9 aromatic rings. The number of non-ortho nitro benzene ring substituents is 1. The number of likely N-dealkylation sites (N-methyl/N-ethyl adjacent to an activating group) is 2. The van der Waals surface area contributed by atoms with Crippen LogP contribution in [0.25, 0.3) is 66.8 Å². The number of hydrogen-bond acceptors (Lipinski definition) is 28. The number of benzene rings is 3. The van der Waals surface area contributed by atoms with Gasteiger partial charge in [-0.1, -0.05) is 53.7 Å². The van der Waals surface area contributed by atoms with Gasteiger partial charge >= 0.3 is 24.1 Å². The molecular weight excluding hydrogens is 1830 g/mol. The molecule has 10 atom stereocenters. The number of ether oxygens (including phenoxy) is 7. The summed E-state index contributed by atoms with van der Waals surface area (Å²) in [5.74, 6) is -2.77. The zero-order valence-electron chi connectivity index (χ0n) is 83.7. The van der Waals surface area contributed by atoms with Crippen molar-refractivity contribution in [2.45, 2.75) is 234 Å². The molecule has 6 aromatic heterocycles. The number of esters is 2. The number of pyridine rings is 2. The smallest absolute Gasteiger partial charge is 0.413 e. The van der Waals surface area contributed by atoms with Crippen molar-refractivity contribution in [2.24, 2.45) is 10.8 Å². The van der Waals surface area contributed by atoms with Gasteiger partial charge in [0.05, 0.1) is 124 Å². The number of nitro groups is 1. The minimum atomic E-state index is -1.19. The van der Waals surface area contributed by atoms with Crippen LogP contribution in [0.4, 0.5) is 26.7 Å². The Morgan fingerprint density at radius 2 is 1.01 bits per heavy atom. The summed E-state index contributed by atoms with van der Waals surface area (Å²) in [5, 5.41) is 30.5. The van der Waals surface area contributed by atoms with Crippen LogP contribution in [0.15, 0.2) is 96.0 Å². The van der Waals surface area contributed by atoms with E-state index in [0.717, 1.165) is 165 Å². The van der Waals surface area contributed by atoms with Crippen molar-refractivity contribution in [3.63, 3.8) is 0 Å². The molecule has 139 heavy (non-hydrogen) atoms. The molecule has 0 aliphatic carbocycles. The third kappa shape index (κ3) is 24.5. The number of hydrazine groups is 2. The van der Waals surface area contributed by atoms with Crippen molar-refractivity contribution >= 4 is 110 Å². The number of halogens is 1. The summed E-state index contributed by atoms with van der Waals surface area (Å²) in [6, 6.07) is 19.5. The molecule has 3 aromatic carbocycles. The third-order valence-corrected chi connectivity index (χ3v) is 29.9. The summed E-state index contributed by atoms with van der Waals surface area (Å²) in [5.41, 5.74) is 20.3. The summed E-state index contributed by atoms with van der Waals surface area (Å²) < 4.78 is 47.1. The van der Waals surface area contributed by atoms with Crippen molar-refractivity contribution in [3.8, 4) is 50.8 Å². The Balaban J connectivity index is 0.000000210. The van der Waals surface area contributed by atoms with E-state index in [1.165, 1.54) is 69.9 Å². The molecule has 0 saturated carbocycles. The minimum Gasteiger partial charge on any atom is -0.464 e. The van der Waals surface area contributed by atoms with Crippen molar-refractivity contribution in [1.29, 1.82) is 0 Å². The predicted molar refractivity (Wildman–Crippen MR) is 543 cm³/mol. The molecule has 6 saturated heterocycles. The number of nitro benzene ring substituents is 1. The van der Waals surface area contributed by atoms with Crippen LogP contribution in [-0.4, -0.2) is 276 Å². The molecule has 37 heteroatoms. The van der Waals surface area contributed by atoms with Gasteiger partial charge in [0.2, 0.25) is 0 Å². The number of amides is 5. The Bertz CT molecular complexity index is 5820. The highest BCUT2D eigenvalue weighted by molar-refractivity contribution is 7.10. The maximum atomic E-state index is 14.5. The molecule has 5 amide bonds. The normalized spacial score (nSPS) is 22.5. The van der Waals surface area contributed by atoms with E-state index < -0.39 is 75.7 Å². The Labute approximate surface area is 829 Å². The standard InChI is InChI=1S/C50H63N9O9S.C48H67N9O6S.C4H9N.ClH/c1-30(2)66-23-22-57-42-16-11-33-24-37(42)39(45(57)38-25-35(27-51-44(38)32(4)65-8)56-20-18-55(7)19-21-56)26-50(5,6)29-67-48(61)40-10-9-17-58(54-40)47(60)43(31(3)46-52-41(33)28-69-46)53-49(62)68-36-14-12-34(13-15-36)59(63)64;1-29(2)62-22-21-56-40-13-12-33-23-35(40)37(43(56)36-24-34(26-49-42(36)32(5)61-9)54-19-17-53(8)18-20-54)25-48(6,7)28-63-46(59)38-11-10-15-57(52-38)45(58)41(31(4)44-50-39(33)27-64-44)51-47(60)55-16-14-30(55)3;1-4-2-3-5-4;/h11-16,24-25,27-28,30-32,40,43,54H,9-10,17-23,26,29H2,1-8H3,(H,53,62);12-13,23-24,26-27,29-32,38,41,52H,10-11,14-22,25,28H2,1-9H3,(H,51,60);4-5H,2-3H2,1H3;1H/t31-,32-,40-,43-;30-,31+,32+,38+,41+;4-;/m011./s1. The van der Waals surface area contributed by atoms with Gasteiger partial charge < -0.3 is 82.7 Å². The first-order chi connectivity index (χ1) is 66.0. The maximum Gasteiger partial charge on any atom is 0.413 e. The second kappa shape index (κ2) is 45.7. The van der Waals surface area contributed by atoms with Gasteiger partial charge in [-0.3, -0.25) is 49.3 Å². The highest BCUT2D eigenvalue weighted by atomic mass is 35.5. The lowest BCUT2D eigenvalue weighted by Gasteiger charge is -2.41. The molecule has 5 N–H and O–H groups in total. The molecular formula is C102H140ClN19O15S2. The van der Waals surface area contributed by atoms with E-state index in [4.69, 9.17) is 53.1 Å². The third-order valence-electron chi connectivity index (χ3n) is 27.8. The van der Waals surface area contributed by atoms with Crippen LogP contribution in [0.1, 0.15) is 192 Å². The summed E-state index contributed by atoms with van der Waals surface area (Å²) in [4.78, 5) is 127. The lowest BCUT2D eigenvalue weighted by Crippen LogP contribution is -2.63. The lowest BCUT2D eigenvalue weighted by atomic mass is 9.84. The van der Waals surface area contributed by atoms with Gasteiger partial charge in [0.1, 0.15) is 29.9 Å². The summed E-state index contributed by atoms with van der Waals surface area (Å²) in [6.45, 7) is 40.9. The van der Waals surface area contributed by atoms with Crippen LogP contribution in [0.2, 0.25) is 0 Å². The number of carbonyl (C=O) groups is 6. The minimum absolute atomic E-state index is 0. The number of piperazine rings is 2. The maximum absolute atomic E-state index is 14.5. The Morgan fingerprint density at radius 1 is 0.583 bits per heavy atom. The monoisotopic (exact) mass is 1970 g/mol. The van der Waals surface area contributed by atoms with Gasteiger partial charge in [0.25, 0.3) is 17.5 Å². The average molecular weight is 1970 g/mol. The van der Waals surface area contributed by atoms with E-state index in [9.17, 15) is 38.9 Å². The number of thiazole rings is 2. The topological polar surface area (TPSA) is 354 Å². The van der Waals surface area contributed by atoms with E-state index >= 15 is 0 Å². The van der Waals surface area contributed by atoms with Gasteiger partial charge in [-0.2, -0.15) is 0 Å². The van der Waals surface area contributed by atoms with Crippen LogP contribution in [0.5, 0.6) is 5.75 Å². The van der Waals surface area contributed by atoms with E-state index in [0.29, 0.717) is 88.6 Å². The van der Waals surface area contributed by atoms with Crippen molar-refractivity contribution < 1.29 is 66.8 Å². The van der Waals surface area contributed by atoms with Crippen LogP contribution < -0.4 is 41.3 Å². The second-order valence-corrected chi connectivity index (χ2v) is 42.0. The highest BCUT2D eigenvalue weighted by Crippen LogP contribution is 2.47. The zero-order chi connectivity index (χ0) is 98.3. The summed E-state index contributed by atoms with van der Waals surface area (Å²) in [6.07, 6.45) is 7.93. The van der Waals surface area contributed by atoms with Gasteiger partial charge in [0, 0.05) is 201 Å². The SMILES string of the molecule is CO[C@@H](C)c1ncc(N2CCN(C)CC2)cc1-c1c2c3cc(ccc3n1CCOC(C)C)-c1csc(n1)[C@@H](C)[C@H](NC(=O)N1CC[C@H]1C)C(=O)N1CCC[C@H](N1)C(=O)OCC(C)(C)C2.CO[C@@H](C)c1ncc(N2CCN(C)CC2)cc1-c1c2c3cc(ccc3n1CCOC(C)C)-c1csc(n1)[C@@H](C)[C@H](NC(=O)Oc1ccc([N+](=O)[O-])cc1)C(=O)N1CCC[C@H](N1)C(=O)OCC(C)(C)C2.C[C@@H]1CCN1.Cl. The molecule has 17 rings (SSSR count). The van der Waals surface area contributed by atoms with Gasteiger partial charge in [-0.25, -0.2) is 30.4 Å². The average Bonchev–Trinajstić information content (AvgIpc) is 1.58. The fourth-order valence-corrected chi connectivity index (χ4v) is 20.9. The lowest BCUT2D eigenvalue weighted by molar-refractivity contribution is -0.384. The van der Waals surface area contributed by atoms with Crippen LogP contribution in [0, 0.1) is 20.9 Å². The van der Waals surface area contributed by atoms with E-state index in [1.54, 1.807) is 19.1 Å². The second-order valence-electron chi connectivity index (χ2n) is 40.3. The molecule has 34 nitrogen and oxygen atoms in total. The Hall–Kier alpha value is -10.3. The molecule has 14 heterocycles. The Kier molecular flexibility index (Phi) is 34.4. The first-order valence-corrected chi connectivity index (χ1v) is 50.7. The van der Waals surface area contributed by atoms with Crippen molar-refractivity contribution in [2.75, 3.05) is 143 Å². The largest absolute Gasteiger partial charge is 0.464 e. The fourth-order valence-electron chi connectivity index (χ4n) is 19.1. The molecule has 8 aliphatic rings. The number of rotatable bonds is 20. The van der Waals surface area contributed by atoms with E-state index in [1.807, 2.05) is 71.6 Å². The number of fused-ring (bicyclic) bond motifs is 12. The van der Waals surface area contributed by atoms with E-state index in [-0.39, 0.29) is 86.0 Å². The van der Waals surface area contributed by atoms with Crippen LogP contribution in [-0.2, 0) is 73.5 Å². The van der Waals surface area contributed by atoms with Crippen LogP contribution >= 0.6 is 35.1 Å². The van der Waals surface area contributed by atoms with Gasteiger partial charge in [-0.05, 0) is 187 Å². The number of nitrogens with one attached hydrogen (secondary N) is 5. The number of urea groups is 1. The van der Waals surface area contributed by atoms with E-state index in [2.05, 4.69) is 167 Å². The summed E-state index contributed by atoms with van der Waals surface area (Å²) >= 11 is 2.86. The molecule has 8 aliphatic heterocycles. The predicted octanol–water partition coefficient (Wildman–Crippen LogP) is 14.9.